The second-order valence-corrected chi connectivity index (χ2v) is 7.53. The number of amides is 1. The number of nitrogens with one attached hydrogen (secondary N) is 1. The molecule has 3 rings (SSSR count). The highest BCUT2D eigenvalue weighted by Gasteiger charge is 2.14. The summed E-state index contributed by atoms with van der Waals surface area (Å²) in [6.45, 7) is 1.63. The molecule has 164 valence electrons. The molecule has 0 fully saturated rings. The molecule has 3 aromatic carbocycles. The molecule has 32 heavy (non-hydrogen) atoms. The first-order chi connectivity index (χ1) is 15.5. The van der Waals surface area contributed by atoms with Crippen LogP contribution in [0.4, 0.5) is 0 Å². The van der Waals surface area contributed by atoms with Crippen molar-refractivity contribution in [1.29, 1.82) is 0 Å². The summed E-state index contributed by atoms with van der Waals surface area (Å²) in [4.78, 5) is 24.5. The summed E-state index contributed by atoms with van der Waals surface area (Å²) in [6, 6.07) is 20.8. The SMILES string of the molecule is COc1cc(/C=N\NC(=O)[C@H](C)Oc2ccc(Br)cc2)ccc1OC(=O)c1ccccc1. The van der Waals surface area contributed by atoms with E-state index in [1.165, 1.54) is 13.3 Å². The van der Waals surface area contributed by atoms with Gasteiger partial charge < -0.3 is 14.2 Å². The van der Waals surface area contributed by atoms with Gasteiger partial charge in [-0.15, -0.1) is 0 Å². The molecule has 0 aromatic heterocycles. The Bertz CT molecular complexity index is 1100. The lowest BCUT2D eigenvalue weighted by atomic mass is 10.2. The summed E-state index contributed by atoms with van der Waals surface area (Å²) in [6.07, 6.45) is 0.720. The van der Waals surface area contributed by atoms with E-state index in [-0.39, 0.29) is 5.75 Å². The van der Waals surface area contributed by atoms with Gasteiger partial charge in [0.15, 0.2) is 17.6 Å². The van der Waals surface area contributed by atoms with E-state index >= 15 is 0 Å². The van der Waals surface area contributed by atoms with Crippen LogP contribution in [0.3, 0.4) is 0 Å². The summed E-state index contributed by atoms with van der Waals surface area (Å²) in [7, 11) is 1.47. The highest BCUT2D eigenvalue weighted by atomic mass is 79.9. The molecule has 0 radical (unpaired) electrons. The molecule has 0 unspecified atom stereocenters. The zero-order valence-electron chi connectivity index (χ0n) is 17.4. The van der Waals surface area contributed by atoms with Crippen molar-refractivity contribution in [2.24, 2.45) is 5.10 Å². The second kappa shape index (κ2) is 11.1. The van der Waals surface area contributed by atoms with E-state index in [0.29, 0.717) is 22.6 Å². The lowest BCUT2D eigenvalue weighted by Gasteiger charge is -2.13. The van der Waals surface area contributed by atoms with Crippen LogP contribution in [0, 0.1) is 0 Å². The zero-order chi connectivity index (χ0) is 22.9. The van der Waals surface area contributed by atoms with Crippen molar-refractivity contribution in [3.05, 3.63) is 88.4 Å². The molecular formula is C24H21BrN2O5. The van der Waals surface area contributed by atoms with Crippen molar-refractivity contribution < 1.29 is 23.8 Å². The van der Waals surface area contributed by atoms with E-state index in [2.05, 4.69) is 26.5 Å². The average Bonchev–Trinajstić information content (AvgIpc) is 2.81. The summed E-state index contributed by atoms with van der Waals surface area (Å²) >= 11 is 3.35. The van der Waals surface area contributed by atoms with E-state index in [4.69, 9.17) is 14.2 Å². The fourth-order valence-electron chi connectivity index (χ4n) is 2.61. The molecule has 1 amide bonds. The third-order valence-electron chi connectivity index (χ3n) is 4.28. The fraction of sp³-hybridized carbons (Fsp3) is 0.125. The smallest absolute Gasteiger partial charge is 0.343 e. The number of carbonyl (C=O) groups excluding carboxylic acids is 2. The molecule has 0 spiro atoms. The van der Waals surface area contributed by atoms with Crippen molar-refractivity contribution in [1.82, 2.24) is 5.43 Å². The maximum atomic E-state index is 12.3. The third-order valence-corrected chi connectivity index (χ3v) is 4.81. The molecule has 0 saturated heterocycles. The minimum absolute atomic E-state index is 0.277. The number of hydrogen-bond acceptors (Lipinski definition) is 6. The van der Waals surface area contributed by atoms with Crippen molar-refractivity contribution in [2.45, 2.75) is 13.0 Å². The molecule has 8 heteroatoms. The molecule has 0 aliphatic rings. The largest absolute Gasteiger partial charge is 0.493 e. The Morgan fingerprint density at radius 3 is 2.41 bits per heavy atom. The number of nitrogens with zero attached hydrogens (tertiary/aromatic N) is 1. The molecule has 0 saturated carbocycles. The maximum Gasteiger partial charge on any atom is 0.343 e. The first-order valence-corrected chi connectivity index (χ1v) is 10.5. The maximum absolute atomic E-state index is 12.3. The Kier molecular flexibility index (Phi) is 7.99. The number of rotatable bonds is 8. The van der Waals surface area contributed by atoms with Crippen molar-refractivity contribution >= 4 is 34.0 Å². The normalized spacial score (nSPS) is 11.6. The molecule has 7 nitrogen and oxygen atoms in total. The van der Waals surface area contributed by atoms with Crippen LogP contribution >= 0.6 is 15.9 Å². The Labute approximate surface area is 194 Å². The number of hydrazone groups is 1. The number of ether oxygens (including phenoxy) is 3. The van der Waals surface area contributed by atoms with Crippen molar-refractivity contribution in [3.8, 4) is 17.2 Å². The molecule has 1 N–H and O–H groups in total. The van der Waals surface area contributed by atoms with Gasteiger partial charge in [-0.25, -0.2) is 10.2 Å². The number of benzene rings is 3. The third kappa shape index (κ3) is 6.42. The number of esters is 1. The summed E-state index contributed by atoms with van der Waals surface area (Å²) in [5.74, 6) is 0.322. The van der Waals surface area contributed by atoms with Gasteiger partial charge in [-0.2, -0.15) is 5.10 Å². The van der Waals surface area contributed by atoms with Crippen LogP contribution in [-0.4, -0.2) is 31.3 Å². The van der Waals surface area contributed by atoms with Gasteiger partial charge in [-0.05, 0) is 67.1 Å². The van der Waals surface area contributed by atoms with Gasteiger partial charge in [0.1, 0.15) is 5.75 Å². The van der Waals surface area contributed by atoms with Crippen molar-refractivity contribution in [2.75, 3.05) is 7.11 Å². The lowest BCUT2D eigenvalue weighted by molar-refractivity contribution is -0.127. The first kappa shape index (κ1) is 23.0. The van der Waals surface area contributed by atoms with Gasteiger partial charge in [-0.3, -0.25) is 4.79 Å². The van der Waals surface area contributed by atoms with Crippen molar-refractivity contribution in [3.63, 3.8) is 0 Å². The minimum Gasteiger partial charge on any atom is -0.493 e. The Morgan fingerprint density at radius 1 is 1.00 bits per heavy atom. The standard InChI is InChI=1S/C24H21BrN2O5/c1-16(31-20-11-9-19(25)10-12-20)23(28)27-26-15-17-8-13-21(22(14-17)30-2)32-24(29)18-6-4-3-5-7-18/h3-16H,1-2H3,(H,27,28)/b26-15-/t16-/m0/s1. The van der Waals surface area contributed by atoms with Crippen LogP contribution in [0.25, 0.3) is 0 Å². The second-order valence-electron chi connectivity index (χ2n) is 6.61. The Balaban J connectivity index is 1.58. The monoisotopic (exact) mass is 496 g/mol. The first-order valence-electron chi connectivity index (χ1n) is 9.66. The van der Waals surface area contributed by atoms with Gasteiger partial charge in [0.25, 0.3) is 5.91 Å². The van der Waals surface area contributed by atoms with Crippen LogP contribution in [0.1, 0.15) is 22.8 Å². The number of methoxy groups -OCH3 is 1. The van der Waals surface area contributed by atoms with Gasteiger partial charge in [0.05, 0.1) is 18.9 Å². The van der Waals surface area contributed by atoms with Crippen LogP contribution in [-0.2, 0) is 4.79 Å². The molecular weight excluding hydrogens is 476 g/mol. The zero-order valence-corrected chi connectivity index (χ0v) is 19.0. The minimum atomic E-state index is -0.734. The van der Waals surface area contributed by atoms with Crippen LogP contribution in [0.15, 0.2) is 82.4 Å². The molecule has 0 heterocycles. The fourth-order valence-corrected chi connectivity index (χ4v) is 2.88. The van der Waals surface area contributed by atoms with E-state index < -0.39 is 18.0 Å². The van der Waals surface area contributed by atoms with Gasteiger partial charge in [0, 0.05) is 4.47 Å². The van der Waals surface area contributed by atoms with Crippen LogP contribution in [0.5, 0.6) is 17.2 Å². The highest BCUT2D eigenvalue weighted by molar-refractivity contribution is 9.10. The molecule has 1 atom stereocenters. The summed E-state index contributed by atoms with van der Waals surface area (Å²) in [5.41, 5.74) is 3.51. The van der Waals surface area contributed by atoms with Crippen LogP contribution in [0.2, 0.25) is 0 Å². The van der Waals surface area contributed by atoms with E-state index in [9.17, 15) is 9.59 Å². The number of halogens is 1. The van der Waals surface area contributed by atoms with E-state index in [1.54, 1.807) is 61.5 Å². The molecule has 3 aromatic rings. The van der Waals surface area contributed by atoms with E-state index in [0.717, 1.165) is 4.47 Å². The Hall–Kier alpha value is -3.65. The molecule has 0 aliphatic carbocycles. The predicted octanol–water partition coefficient (Wildman–Crippen LogP) is 4.59. The quantitative estimate of drug-likeness (QED) is 0.213. The van der Waals surface area contributed by atoms with Gasteiger partial charge in [0.2, 0.25) is 0 Å². The highest BCUT2D eigenvalue weighted by Crippen LogP contribution is 2.28. The average molecular weight is 497 g/mol. The number of carbonyl (C=O) groups is 2. The summed E-state index contributed by atoms with van der Waals surface area (Å²) in [5, 5.41) is 3.96. The predicted molar refractivity (Wildman–Crippen MR) is 124 cm³/mol. The Morgan fingerprint density at radius 2 is 1.72 bits per heavy atom. The molecule has 0 bridgehead atoms. The lowest BCUT2D eigenvalue weighted by Crippen LogP contribution is -2.33. The molecule has 0 aliphatic heterocycles. The van der Waals surface area contributed by atoms with Gasteiger partial charge in [-0.1, -0.05) is 34.1 Å². The van der Waals surface area contributed by atoms with E-state index in [1.807, 2.05) is 18.2 Å². The number of hydrogen-bond donors (Lipinski definition) is 1. The van der Waals surface area contributed by atoms with Crippen LogP contribution < -0.4 is 19.6 Å². The summed E-state index contributed by atoms with van der Waals surface area (Å²) < 4.78 is 17.2. The topological polar surface area (TPSA) is 86.2 Å². The van der Waals surface area contributed by atoms with Gasteiger partial charge >= 0.3 is 5.97 Å².